The van der Waals surface area contributed by atoms with E-state index in [1.807, 2.05) is 0 Å². The maximum Gasteiger partial charge on any atom is 0.340 e. The minimum absolute atomic E-state index is 0.0461. The van der Waals surface area contributed by atoms with E-state index in [4.69, 9.17) is 18.9 Å². The second-order valence-corrected chi connectivity index (χ2v) is 12.0. The third-order valence-electron chi connectivity index (χ3n) is 8.79. The summed E-state index contributed by atoms with van der Waals surface area (Å²) < 4.78 is 22.7. The molecule has 256 valence electrons. The van der Waals surface area contributed by atoms with Crippen LogP contribution in [0, 0.1) is 6.92 Å². The standard InChI is InChI=1S/C33H34O15/c1-12-7-15-20(30-27(41)26(40)29(43)33(47-30)48-31(44)13-5-3-2-4-6-13)16-9-14(35)10-17(36)21(16)24(38)22(15)18(8-12)45-32-28(42)25(39)23(37)19(11-34)46-32/h2-10,19-20,23,25-30,32-37,39-43H,11H2,1H3/t19-,20+,23-,25+,26-,27-,28-,29-,30-,32-,33+/m1/s1. The Bertz CT molecular complexity index is 1690. The van der Waals surface area contributed by atoms with Gasteiger partial charge in [-0.1, -0.05) is 24.3 Å². The van der Waals surface area contributed by atoms with Gasteiger partial charge in [-0.05, 0) is 47.9 Å². The highest BCUT2D eigenvalue weighted by molar-refractivity contribution is 6.16. The van der Waals surface area contributed by atoms with Gasteiger partial charge in [0.15, 0.2) is 0 Å². The largest absolute Gasteiger partial charge is 0.508 e. The van der Waals surface area contributed by atoms with E-state index in [1.165, 1.54) is 24.3 Å². The van der Waals surface area contributed by atoms with E-state index in [0.717, 1.165) is 12.1 Å². The molecule has 0 unspecified atom stereocenters. The molecule has 3 aromatic rings. The van der Waals surface area contributed by atoms with Gasteiger partial charge in [-0.3, -0.25) is 4.79 Å². The lowest BCUT2D eigenvalue weighted by Gasteiger charge is -2.45. The molecule has 48 heavy (non-hydrogen) atoms. The summed E-state index contributed by atoms with van der Waals surface area (Å²) in [5.74, 6) is -4.41. The van der Waals surface area contributed by atoms with Gasteiger partial charge < -0.3 is 64.9 Å². The molecule has 2 fully saturated rings. The van der Waals surface area contributed by atoms with Gasteiger partial charge in [0.05, 0.1) is 23.3 Å². The number of esters is 1. The Morgan fingerprint density at radius 3 is 2.10 bits per heavy atom. The molecule has 15 heteroatoms. The molecule has 3 aromatic carbocycles. The first-order valence-electron chi connectivity index (χ1n) is 15.0. The average Bonchev–Trinajstić information content (AvgIpc) is 3.05. The number of phenolic OH excluding ortho intramolecular Hbond substituents is 2. The first-order valence-corrected chi connectivity index (χ1v) is 15.0. The minimum atomic E-state index is -1.94. The van der Waals surface area contributed by atoms with E-state index in [1.54, 1.807) is 25.1 Å². The lowest BCUT2D eigenvalue weighted by atomic mass is 9.71. The third kappa shape index (κ3) is 5.78. The van der Waals surface area contributed by atoms with Crippen molar-refractivity contribution in [2.45, 2.75) is 74.3 Å². The molecule has 0 bridgehead atoms. The van der Waals surface area contributed by atoms with Crippen molar-refractivity contribution in [1.29, 1.82) is 0 Å². The molecule has 2 heterocycles. The van der Waals surface area contributed by atoms with Crippen molar-refractivity contribution >= 4 is 11.8 Å². The predicted molar refractivity (Wildman–Crippen MR) is 159 cm³/mol. The summed E-state index contributed by atoms with van der Waals surface area (Å²) in [6.45, 7) is 0.863. The number of aliphatic hydroxyl groups is 7. The molecule has 0 spiro atoms. The van der Waals surface area contributed by atoms with E-state index in [-0.39, 0.29) is 33.6 Å². The summed E-state index contributed by atoms with van der Waals surface area (Å²) in [4.78, 5) is 27.0. The number of benzene rings is 3. The van der Waals surface area contributed by atoms with Crippen molar-refractivity contribution < 1.29 is 74.5 Å². The number of fused-ring (bicyclic) bond motifs is 2. The van der Waals surface area contributed by atoms with Crippen LogP contribution in [0.3, 0.4) is 0 Å². The number of aryl methyl sites for hydroxylation is 1. The molecule has 0 aromatic heterocycles. The van der Waals surface area contributed by atoms with Crippen molar-refractivity contribution in [2.24, 2.45) is 0 Å². The van der Waals surface area contributed by atoms with Crippen LogP contribution in [-0.2, 0) is 14.2 Å². The maximum absolute atomic E-state index is 14.1. The van der Waals surface area contributed by atoms with Gasteiger partial charge in [0.25, 0.3) is 0 Å². The molecular weight excluding hydrogens is 636 g/mol. The quantitative estimate of drug-likeness (QED) is 0.142. The molecule has 0 radical (unpaired) electrons. The number of aliphatic hydroxyl groups excluding tert-OH is 7. The van der Waals surface area contributed by atoms with Crippen LogP contribution in [0.2, 0.25) is 0 Å². The van der Waals surface area contributed by atoms with Crippen molar-refractivity contribution in [3.63, 3.8) is 0 Å². The SMILES string of the molecule is Cc1cc(O[C@@H]2O[C@H](CO)[C@@H](O)[C@H](O)[C@H]2O)c2c(c1)[C@H]([C@H]1O[C@@H](OC(=O)c3ccccc3)[C@H](O)[C@H](O)[C@H]1O)c1cc(O)cc(O)c1C2=O. The number of ketones is 1. The van der Waals surface area contributed by atoms with E-state index in [9.17, 15) is 55.5 Å². The number of carbonyl (C=O) groups is 2. The molecule has 1 aliphatic carbocycles. The molecule has 11 atom stereocenters. The summed E-state index contributed by atoms with van der Waals surface area (Å²) >= 11 is 0. The van der Waals surface area contributed by atoms with Crippen molar-refractivity contribution in [3.05, 3.63) is 88.0 Å². The number of carbonyl (C=O) groups excluding carboxylic acids is 2. The second-order valence-electron chi connectivity index (χ2n) is 12.0. The highest BCUT2D eigenvalue weighted by Gasteiger charge is 2.52. The minimum Gasteiger partial charge on any atom is -0.508 e. The van der Waals surface area contributed by atoms with Crippen LogP contribution in [0.1, 0.15) is 48.9 Å². The van der Waals surface area contributed by atoms with Gasteiger partial charge in [-0.25, -0.2) is 4.79 Å². The maximum atomic E-state index is 14.1. The molecule has 6 rings (SSSR count). The molecular formula is C33H34O15. The Morgan fingerprint density at radius 1 is 0.771 bits per heavy atom. The molecule has 0 amide bonds. The first-order chi connectivity index (χ1) is 22.8. The molecule has 2 saturated heterocycles. The van der Waals surface area contributed by atoms with Crippen molar-refractivity contribution in [3.8, 4) is 17.2 Å². The smallest absolute Gasteiger partial charge is 0.340 e. The van der Waals surface area contributed by atoms with Gasteiger partial charge in [0.2, 0.25) is 18.4 Å². The second kappa shape index (κ2) is 13.0. The summed E-state index contributed by atoms with van der Waals surface area (Å²) in [7, 11) is 0. The van der Waals surface area contributed by atoms with Gasteiger partial charge in [0, 0.05) is 12.0 Å². The summed E-state index contributed by atoms with van der Waals surface area (Å²) in [6.07, 6.45) is -17.5. The van der Waals surface area contributed by atoms with Gasteiger partial charge in [-0.2, -0.15) is 0 Å². The van der Waals surface area contributed by atoms with Gasteiger partial charge in [-0.15, -0.1) is 0 Å². The predicted octanol–water partition coefficient (Wildman–Crippen LogP) is -1.07. The number of rotatable bonds is 6. The van der Waals surface area contributed by atoms with E-state index >= 15 is 0 Å². The van der Waals surface area contributed by atoms with Crippen LogP contribution in [0.4, 0.5) is 0 Å². The van der Waals surface area contributed by atoms with Crippen molar-refractivity contribution in [2.75, 3.05) is 6.61 Å². The number of ether oxygens (including phenoxy) is 4. The summed E-state index contributed by atoms with van der Waals surface area (Å²) in [5.41, 5.74) is 0.00199. The average molecular weight is 671 g/mol. The highest BCUT2D eigenvalue weighted by atomic mass is 16.7. The Balaban J connectivity index is 1.45. The summed E-state index contributed by atoms with van der Waals surface area (Å²) in [6, 6.07) is 12.7. The number of hydrogen-bond acceptors (Lipinski definition) is 15. The summed E-state index contributed by atoms with van der Waals surface area (Å²) in [5, 5.41) is 95.1. The monoisotopic (exact) mass is 670 g/mol. The van der Waals surface area contributed by atoms with E-state index in [2.05, 4.69) is 0 Å². The van der Waals surface area contributed by atoms with E-state index in [0.29, 0.717) is 5.56 Å². The van der Waals surface area contributed by atoms with Crippen LogP contribution in [0.5, 0.6) is 17.2 Å². The van der Waals surface area contributed by atoms with E-state index < -0.39 is 97.2 Å². The molecule has 9 N–H and O–H groups in total. The topological polar surface area (TPSA) is 253 Å². The number of hydrogen-bond donors (Lipinski definition) is 9. The number of aromatic hydroxyl groups is 2. The van der Waals surface area contributed by atoms with Gasteiger partial charge >= 0.3 is 5.97 Å². The zero-order chi connectivity index (χ0) is 34.6. The fourth-order valence-corrected chi connectivity index (χ4v) is 6.42. The Morgan fingerprint density at radius 2 is 1.42 bits per heavy atom. The molecule has 0 saturated carbocycles. The van der Waals surface area contributed by atoms with Crippen LogP contribution < -0.4 is 4.74 Å². The zero-order valence-electron chi connectivity index (χ0n) is 25.2. The highest BCUT2D eigenvalue weighted by Crippen LogP contribution is 2.49. The molecule has 2 aliphatic heterocycles. The normalized spacial score (nSPS) is 33.0. The number of phenols is 2. The molecule has 3 aliphatic rings. The fraction of sp³-hybridized carbons (Fsp3) is 0.394. The van der Waals surface area contributed by atoms with Crippen LogP contribution >= 0.6 is 0 Å². The zero-order valence-corrected chi connectivity index (χ0v) is 25.2. The van der Waals surface area contributed by atoms with Crippen LogP contribution in [-0.4, -0.2) is 126 Å². The Hall–Kier alpha value is -4.16. The van der Waals surface area contributed by atoms with Crippen molar-refractivity contribution in [1.82, 2.24) is 0 Å². The Kier molecular flexibility index (Phi) is 9.16. The van der Waals surface area contributed by atoms with Gasteiger partial charge in [0.1, 0.15) is 66.1 Å². The lowest BCUT2D eigenvalue weighted by Crippen LogP contribution is -2.60. The fourth-order valence-electron chi connectivity index (χ4n) is 6.42. The lowest BCUT2D eigenvalue weighted by molar-refractivity contribution is -0.282. The third-order valence-corrected chi connectivity index (χ3v) is 8.79. The molecule has 15 nitrogen and oxygen atoms in total. The van der Waals surface area contributed by atoms with Crippen LogP contribution in [0.25, 0.3) is 0 Å². The Labute approximate surface area is 272 Å². The first kappa shape index (κ1) is 33.7. The van der Waals surface area contributed by atoms with Crippen LogP contribution in [0.15, 0.2) is 54.6 Å².